The number of amides is 3. The molecule has 2 aliphatic rings. The Labute approximate surface area is 355 Å². The zero-order valence-corrected chi connectivity index (χ0v) is 35.8. The molecular formula is C45H57F2N9O5. The second-order valence-electron chi connectivity index (χ2n) is 15.5. The van der Waals surface area contributed by atoms with E-state index in [1.165, 1.54) is 7.11 Å². The van der Waals surface area contributed by atoms with Crippen molar-refractivity contribution < 1.29 is 32.6 Å². The molecule has 2 aliphatic heterocycles. The normalized spacial score (nSPS) is 14.6. The predicted molar refractivity (Wildman–Crippen MR) is 233 cm³/mol. The Morgan fingerprint density at radius 1 is 1.10 bits per heavy atom. The van der Waals surface area contributed by atoms with Crippen molar-refractivity contribution in [2.75, 3.05) is 70.8 Å². The van der Waals surface area contributed by atoms with Gasteiger partial charge in [0.05, 0.1) is 26.0 Å². The summed E-state index contributed by atoms with van der Waals surface area (Å²) in [5, 5.41) is 10.4. The highest BCUT2D eigenvalue weighted by molar-refractivity contribution is 5.86. The lowest BCUT2D eigenvalue weighted by atomic mass is 9.91. The third-order valence-electron chi connectivity index (χ3n) is 11.7. The molecule has 326 valence electrons. The van der Waals surface area contributed by atoms with E-state index in [1.54, 1.807) is 36.1 Å². The van der Waals surface area contributed by atoms with Gasteiger partial charge in [-0.2, -0.15) is 5.10 Å². The third-order valence-corrected chi connectivity index (χ3v) is 11.7. The fourth-order valence-corrected chi connectivity index (χ4v) is 8.50. The molecule has 16 heteroatoms. The summed E-state index contributed by atoms with van der Waals surface area (Å²) in [4.78, 5) is 44.5. The molecule has 2 N–H and O–H groups in total. The molecule has 1 atom stereocenters. The highest BCUT2D eigenvalue weighted by Crippen LogP contribution is 2.45. The van der Waals surface area contributed by atoms with Crippen molar-refractivity contribution in [1.82, 2.24) is 29.9 Å². The van der Waals surface area contributed by atoms with Crippen LogP contribution in [0.1, 0.15) is 72.5 Å². The van der Waals surface area contributed by atoms with E-state index in [4.69, 9.17) is 14.6 Å². The Morgan fingerprint density at radius 2 is 1.92 bits per heavy atom. The van der Waals surface area contributed by atoms with Crippen molar-refractivity contribution >= 4 is 42.1 Å². The van der Waals surface area contributed by atoms with Crippen molar-refractivity contribution in [2.45, 2.75) is 70.9 Å². The van der Waals surface area contributed by atoms with Crippen LogP contribution in [0, 0.1) is 6.92 Å². The molecule has 0 saturated carbocycles. The van der Waals surface area contributed by atoms with Crippen LogP contribution in [0.3, 0.4) is 0 Å². The molecule has 0 fully saturated rings. The molecule has 14 nitrogen and oxygen atoms in total. The van der Waals surface area contributed by atoms with Gasteiger partial charge in [-0.15, -0.1) is 0 Å². The molecule has 61 heavy (non-hydrogen) atoms. The Bertz CT molecular complexity index is 2290. The number of benzene rings is 2. The minimum Gasteiger partial charge on any atom is -0.495 e. The molecule has 2 aromatic carbocycles. The van der Waals surface area contributed by atoms with Gasteiger partial charge in [0.1, 0.15) is 17.0 Å². The molecule has 2 aromatic heterocycles. The zero-order chi connectivity index (χ0) is 43.6. The van der Waals surface area contributed by atoms with Crippen molar-refractivity contribution in [1.29, 1.82) is 0 Å². The summed E-state index contributed by atoms with van der Waals surface area (Å²) >= 11 is 0. The number of pyridine rings is 1. The summed E-state index contributed by atoms with van der Waals surface area (Å²) < 4.78 is 46.2. The van der Waals surface area contributed by atoms with Gasteiger partial charge in [0, 0.05) is 105 Å². The largest absolute Gasteiger partial charge is 0.495 e. The van der Waals surface area contributed by atoms with Crippen molar-refractivity contribution in [3.05, 3.63) is 82.6 Å². The SMILES string of the molecule is C=Cn1cc(OC)c(-c2cc3c(cc2C(F)F)N(c2nn(C(CCCOc4cccc(N(C)CCC(=O)NC=O)c4C)CCNC=O)c4c2CN(C)CC4)CCC3)cc1=NC. The van der Waals surface area contributed by atoms with Gasteiger partial charge >= 0.3 is 0 Å². The molecule has 4 aromatic rings. The van der Waals surface area contributed by atoms with E-state index in [9.17, 15) is 14.4 Å². The fourth-order valence-electron chi connectivity index (χ4n) is 8.50. The first-order chi connectivity index (χ1) is 29.5. The third kappa shape index (κ3) is 9.96. The second kappa shape index (κ2) is 20.5. The Morgan fingerprint density at radius 3 is 2.64 bits per heavy atom. The first-order valence-electron chi connectivity index (χ1n) is 20.7. The van der Waals surface area contributed by atoms with E-state index in [1.807, 2.05) is 43.1 Å². The van der Waals surface area contributed by atoms with Crippen LogP contribution >= 0.6 is 0 Å². The summed E-state index contributed by atoms with van der Waals surface area (Å²) in [6.07, 6.45) is 6.19. The Balaban J connectivity index is 1.29. The van der Waals surface area contributed by atoms with Crippen LogP contribution in [0.15, 0.2) is 54.2 Å². The molecule has 0 bridgehead atoms. The average Bonchev–Trinajstić information content (AvgIpc) is 3.63. The molecule has 4 heterocycles. The summed E-state index contributed by atoms with van der Waals surface area (Å²) in [5.41, 5.74) is 7.14. The van der Waals surface area contributed by atoms with E-state index >= 15 is 8.78 Å². The molecule has 0 spiro atoms. The summed E-state index contributed by atoms with van der Waals surface area (Å²) in [7, 11) is 7.14. The number of aromatic nitrogens is 3. The first kappa shape index (κ1) is 44.5. The monoisotopic (exact) mass is 841 g/mol. The number of carbonyl (C=O) groups is 3. The molecule has 3 amide bonds. The van der Waals surface area contributed by atoms with Gasteiger partial charge < -0.3 is 34.1 Å². The van der Waals surface area contributed by atoms with Crippen molar-refractivity contribution in [3.8, 4) is 22.6 Å². The quantitative estimate of drug-likeness (QED) is 0.0818. The van der Waals surface area contributed by atoms with Crippen LogP contribution in [-0.2, 0) is 33.8 Å². The number of nitrogens with one attached hydrogen (secondary N) is 2. The molecule has 1 unspecified atom stereocenters. The number of carbonyl (C=O) groups excluding carboxylic acids is 3. The lowest BCUT2D eigenvalue weighted by Gasteiger charge is -2.33. The van der Waals surface area contributed by atoms with Gasteiger partial charge in [0.15, 0.2) is 5.82 Å². The molecule has 0 radical (unpaired) electrons. The summed E-state index contributed by atoms with van der Waals surface area (Å²) in [6.45, 7) is 9.30. The average molecular weight is 842 g/mol. The first-order valence-corrected chi connectivity index (χ1v) is 20.7. The van der Waals surface area contributed by atoms with Crippen LogP contribution in [-0.4, -0.2) is 99.0 Å². The van der Waals surface area contributed by atoms with Gasteiger partial charge in [-0.05, 0) is 87.5 Å². The van der Waals surface area contributed by atoms with Gasteiger partial charge in [0.2, 0.25) is 18.7 Å². The molecule has 6 rings (SSSR count). The number of imide groups is 1. The number of aryl methyl sites for hydroxylation is 1. The molecule has 0 aliphatic carbocycles. The van der Waals surface area contributed by atoms with E-state index in [-0.39, 0.29) is 23.9 Å². The van der Waals surface area contributed by atoms with Crippen LogP contribution in [0.25, 0.3) is 17.3 Å². The smallest absolute Gasteiger partial charge is 0.264 e. The number of methoxy groups -OCH3 is 1. The maximum atomic E-state index is 15.2. The van der Waals surface area contributed by atoms with E-state index in [0.717, 1.165) is 77.6 Å². The number of nitrogens with zero attached hydrogens (tertiary/aromatic N) is 7. The highest BCUT2D eigenvalue weighted by Gasteiger charge is 2.33. The maximum Gasteiger partial charge on any atom is 0.264 e. The van der Waals surface area contributed by atoms with E-state index < -0.39 is 6.43 Å². The molecule has 0 saturated heterocycles. The van der Waals surface area contributed by atoms with Crippen LogP contribution < -0.4 is 35.4 Å². The summed E-state index contributed by atoms with van der Waals surface area (Å²) in [6, 6.07) is 11.0. The second-order valence-corrected chi connectivity index (χ2v) is 15.5. The topological polar surface area (TPSA) is 139 Å². The maximum absolute atomic E-state index is 15.2. The summed E-state index contributed by atoms with van der Waals surface area (Å²) in [5.74, 6) is 1.61. The lowest BCUT2D eigenvalue weighted by Crippen LogP contribution is -2.30. The minimum absolute atomic E-state index is 0.0663. The number of anilines is 3. The number of hydrogen-bond donors (Lipinski definition) is 2. The van der Waals surface area contributed by atoms with Crippen LogP contribution in [0.2, 0.25) is 0 Å². The Kier molecular flexibility index (Phi) is 15.0. The van der Waals surface area contributed by atoms with Gasteiger partial charge in [-0.1, -0.05) is 12.6 Å². The zero-order valence-electron chi connectivity index (χ0n) is 35.8. The van der Waals surface area contributed by atoms with Crippen molar-refractivity contribution in [3.63, 3.8) is 0 Å². The Hall–Kier alpha value is -6.03. The van der Waals surface area contributed by atoms with Crippen molar-refractivity contribution in [2.24, 2.45) is 4.99 Å². The lowest BCUT2D eigenvalue weighted by molar-refractivity contribution is -0.125. The highest BCUT2D eigenvalue weighted by atomic mass is 19.3. The number of halogens is 2. The predicted octanol–water partition coefficient (Wildman–Crippen LogP) is 5.94. The van der Waals surface area contributed by atoms with Gasteiger partial charge in [-0.3, -0.25) is 29.4 Å². The van der Waals surface area contributed by atoms with E-state index in [0.29, 0.717) is 80.8 Å². The fraction of sp³-hybridized carbons (Fsp3) is 0.444. The standard InChI is InChI=1S/C45H57F2N9O5/c1-7-54-27-41(60-6)34(25-42(54)48-3)33-23-31-11-9-19-55(39(31)24-35(33)44(46)47)45-36-26-52(4)20-16-38(36)56(51-45)32(15-18-49-28-57)12-10-22-61-40-14-8-13-37(30(40)2)53(5)21-17-43(59)50-29-58/h7-8,13-14,23-25,27-29,32,44H,1,9-12,15-22,26H2,2-6H3,(H,49,57)(H,50,58,59). The van der Waals surface area contributed by atoms with E-state index in [2.05, 4.69) is 43.7 Å². The number of fused-ring (bicyclic) bond motifs is 2. The number of hydrogen-bond acceptors (Lipinski definition) is 10. The molecular weight excluding hydrogens is 785 g/mol. The minimum atomic E-state index is -2.76. The van der Waals surface area contributed by atoms with Crippen LogP contribution in [0.4, 0.5) is 26.0 Å². The van der Waals surface area contributed by atoms with Gasteiger partial charge in [0.25, 0.3) is 6.43 Å². The number of ether oxygens (including phenoxy) is 2. The number of rotatable bonds is 20. The van der Waals surface area contributed by atoms with Gasteiger partial charge in [-0.25, -0.2) is 8.78 Å². The van der Waals surface area contributed by atoms with Crippen LogP contribution in [0.5, 0.6) is 11.5 Å². The number of likely N-dealkylation sites (N-methyl/N-ethyl adjacent to an activating group) is 1. The number of alkyl halides is 2.